The summed E-state index contributed by atoms with van der Waals surface area (Å²) >= 11 is 1.67. The Bertz CT molecular complexity index is 866. The van der Waals surface area contributed by atoms with Crippen LogP contribution in [0.4, 0.5) is 0 Å². The van der Waals surface area contributed by atoms with Crippen molar-refractivity contribution in [3.8, 4) is 0 Å². The van der Waals surface area contributed by atoms with E-state index in [2.05, 4.69) is 23.7 Å². The second-order valence-corrected chi connectivity index (χ2v) is 10.1. The topological polar surface area (TPSA) is 78.5 Å². The number of hydrogen-bond acceptors (Lipinski definition) is 6. The maximum atomic E-state index is 12.7. The molecule has 28 heavy (non-hydrogen) atoms. The summed E-state index contributed by atoms with van der Waals surface area (Å²) in [6.45, 7) is 11.3. The lowest BCUT2D eigenvalue weighted by atomic mass is 9.97. The number of aromatic amines is 1. The Balaban J connectivity index is 1.76. The summed E-state index contributed by atoms with van der Waals surface area (Å²) in [4.78, 5) is 24.8. The molecule has 2 heterocycles. The molecule has 1 unspecified atom stereocenters. The van der Waals surface area contributed by atoms with E-state index in [9.17, 15) is 9.90 Å². The number of thiophene rings is 1. The summed E-state index contributed by atoms with van der Waals surface area (Å²) in [5.74, 6) is 0.661. The van der Waals surface area contributed by atoms with Gasteiger partial charge in [0.1, 0.15) is 10.7 Å². The van der Waals surface area contributed by atoms with Crippen LogP contribution in [0.1, 0.15) is 63.7 Å². The average Bonchev–Trinajstić information content (AvgIpc) is 2.97. The van der Waals surface area contributed by atoms with E-state index in [4.69, 9.17) is 9.72 Å². The first-order valence-corrected chi connectivity index (χ1v) is 11.0. The fraction of sp³-hybridized carbons (Fsp3) is 0.714. The minimum atomic E-state index is -0.592. The molecule has 0 amide bonds. The molecular weight excluding hydrogens is 374 g/mol. The molecule has 7 heteroatoms. The van der Waals surface area contributed by atoms with Gasteiger partial charge in [-0.2, -0.15) is 0 Å². The zero-order chi connectivity index (χ0) is 20.5. The monoisotopic (exact) mass is 407 g/mol. The molecule has 0 aliphatic heterocycles. The van der Waals surface area contributed by atoms with Gasteiger partial charge in [0.05, 0.1) is 30.2 Å². The van der Waals surface area contributed by atoms with Crippen molar-refractivity contribution in [3.63, 3.8) is 0 Å². The number of fused-ring (bicyclic) bond motifs is 3. The van der Waals surface area contributed by atoms with E-state index >= 15 is 0 Å². The van der Waals surface area contributed by atoms with Gasteiger partial charge in [-0.25, -0.2) is 4.98 Å². The van der Waals surface area contributed by atoms with Gasteiger partial charge in [-0.3, -0.25) is 9.69 Å². The molecule has 0 bridgehead atoms. The van der Waals surface area contributed by atoms with E-state index in [0.717, 1.165) is 29.5 Å². The van der Waals surface area contributed by atoms with Crippen LogP contribution >= 0.6 is 11.3 Å². The highest BCUT2D eigenvalue weighted by molar-refractivity contribution is 7.18. The summed E-state index contributed by atoms with van der Waals surface area (Å²) in [7, 11) is 0. The third-order valence-corrected chi connectivity index (χ3v) is 6.30. The van der Waals surface area contributed by atoms with Crippen LogP contribution < -0.4 is 5.56 Å². The van der Waals surface area contributed by atoms with Crippen LogP contribution in [0, 0.1) is 0 Å². The van der Waals surface area contributed by atoms with Crippen molar-refractivity contribution >= 4 is 21.6 Å². The smallest absolute Gasteiger partial charge is 0.259 e. The number of aryl methyl sites for hydroxylation is 2. The number of rotatable bonds is 7. The molecule has 6 nitrogen and oxygen atoms in total. The Kier molecular flexibility index (Phi) is 6.59. The second-order valence-electron chi connectivity index (χ2n) is 9.00. The van der Waals surface area contributed by atoms with Crippen LogP contribution in [0.3, 0.4) is 0 Å². The van der Waals surface area contributed by atoms with Gasteiger partial charge in [-0.05, 0) is 65.9 Å². The van der Waals surface area contributed by atoms with Gasteiger partial charge in [0.2, 0.25) is 0 Å². The van der Waals surface area contributed by atoms with Gasteiger partial charge in [-0.1, -0.05) is 0 Å². The van der Waals surface area contributed by atoms with Crippen molar-refractivity contribution in [1.29, 1.82) is 0 Å². The molecule has 0 fully saturated rings. The summed E-state index contributed by atoms with van der Waals surface area (Å²) < 4.78 is 5.70. The predicted molar refractivity (Wildman–Crippen MR) is 114 cm³/mol. The van der Waals surface area contributed by atoms with E-state index in [1.807, 2.05) is 20.8 Å². The summed E-state index contributed by atoms with van der Waals surface area (Å²) in [5, 5.41) is 11.2. The fourth-order valence-electron chi connectivity index (χ4n) is 3.60. The zero-order valence-corrected chi connectivity index (χ0v) is 18.5. The van der Waals surface area contributed by atoms with Crippen molar-refractivity contribution in [3.05, 3.63) is 26.6 Å². The summed E-state index contributed by atoms with van der Waals surface area (Å²) in [5.41, 5.74) is 0.904. The molecule has 0 aromatic carbocycles. The Morgan fingerprint density at radius 1 is 1.29 bits per heavy atom. The predicted octanol–water partition coefficient (Wildman–Crippen LogP) is 3.25. The largest absolute Gasteiger partial charge is 0.389 e. The summed E-state index contributed by atoms with van der Waals surface area (Å²) in [6.07, 6.45) is 3.79. The van der Waals surface area contributed by atoms with Gasteiger partial charge in [0.25, 0.3) is 5.56 Å². The van der Waals surface area contributed by atoms with Crippen molar-refractivity contribution in [1.82, 2.24) is 14.9 Å². The summed E-state index contributed by atoms with van der Waals surface area (Å²) in [6, 6.07) is 0.210. The molecule has 1 atom stereocenters. The normalized spacial score (nSPS) is 16.1. The SMILES string of the molecule is CC(C)N(Cc1nc2sc3c(c2c(=O)[nH]1)CCCC3)CC(O)COC(C)(C)C. The van der Waals surface area contributed by atoms with Crippen molar-refractivity contribution in [2.75, 3.05) is 13.2 Å². The maximum Gasteiger partial charge on any atom is 0.259 e. The number of ether oxygens (including phenoxy) is 1. The number of H-pyrrole nitrogens is 1. The molecule has 2 N–H and O–H groups in total. The molecular formula is C21H33N3O3S. The standard InChI is InChI=1S/C21H33N3O3S/c1-13(2)24(10-14(25)12-27-21(3,4)5)11-17-22-19(26)18-15-8-6-7-9-16(15)28-20(18)23-17/h13-14,25H,6-12H2,1-5H3,(H,22,23,26). The molecule has 0 saturated heterocycles. The second kappa shape index (κ2) is 8.61. The number of nitrogens with one attached hydrogen (secondary N) is 1. The molecule has 156 valence electrons. The highest BCUT2D eigenvalue weighted by atomic mass is 32.1. The van der Waals surface area contributed by atoms with Crippen LogP contribution in [-0.2, 0) is 24.1 Å². The molecule has 1 aliphatic rings. The lowest BCUT2D eigenvalue weighted by Gasteiger charge is -2.29. The zero-order valence-electron chi connectivity index (χ0n) is 17.7. The number of aromatic nitrogens is 2. The van der Waals surface area contributed by atoms with Crippen LogP contribution in [0.25, 0.3) is 10.2 Å². The first kappa shape index (κ1) is 21.4. The van der Waals surface area contributed by atoms with Crippen molar-refractivity contribution < 1.29 is 9.84 Å². The van der Waals surface area contributed by atoms with E-state index in [1.165, 1.54) is 16.9 Å². The molecule has 1 aliphatic carbocycles. The van der Waals surface area contributed by atoms with Crippen LogP contribution in [0.15, 0.2) is 4.79 Å². The van der Waals surface area contributed by atoms with Crippen LogP contribution in [-0.4, -0.2) is 50.9 Å². The number of aliphatic hydroxyl groups is 1. The molecule has 2 aromatic rings. The van der Waals surface area contributed by atoms with E-state index in [1.54, 1.807) is 11.3 Å². The van der Waals surface area contributed by atoms with Crippen molar-refractivity contribution in [2.24, 2.45) is 0 Å². The van der Waals surface area contributed by atoms with Gasteiger partial charge < -0.3 is 14.8 Å². The maximum absolute atomic E-state index is 12.7. The fourth-order valence-corrected chi connectivity index (χ4v) is 4.88. The van der Waals surface area contributed by atoms with E-state index in [-0.39, 0.29) is 23.8 Å². The van der Waals surface area contributed by atoms with E-state index in [0.29, 0.717) is 18.9 Å². The Hall–Kier alpha value is -1.28. The highest BCUT2D eigenvalue weighted by Crippen LogP contribution is 2.33. The first-order valence-electron chi connectivity index (χ1n) is 10.2. The average molecular weight is 408 g/mol. The molecule has 0 spiro atoms. The van der Waals surface area contributed by atoms with Gasteiger partial charge >= 0.3 is 0 Å². The minimum Gasteiger partial charge on any atom is -0.389 e. The quantitative estimate of drug-likeness (QED) is 0.737. The molecule has 3 rings (SSSR count). The lowest BCUT2D eigenvalue weighted by molar-refractivity contribution is -0.0588. The number of hydrogen-bond donors (Lipinski definition) is 2. The first-order chi connectivity index (χ1) is 13.1. The van der Waals surface area contributed by atoms with Crippen LogP contribution in [0.5, 0.6) is 0 Å². The molecule has 0 radical (unpaired) electrons. The third kappa shape index (κ3) is 5.20. The van der Waals surface area contributed by atoms with Gasteiger partial charge in [0, 0.05) is 17.5 Å². The Morgan fingerprint density at radius 2 is 2.00 bits per heavy atom. The Labute approximate surface area is 170 Å². The van der Waals surface area contributed by atoms with E-state index < -0.39 is 6.10 Å². The number of nitrogens with zero attached hydrogens (tertiary/aromatic N) is 2. The third-order valence-electron chi connectivity index (χ3n) is 5.11. The number of aliphatic hydroxyl groups excluding tert-OH is 1. The van der Waals surface area contributed by atoms with Crippen LogP contribution in [0.2, 0.25) is 0 Å². The molecule has 2 aromatic heterocycles. The molecule has 0 saturated carbocycles. The van der Waals surface area contributed by atoms with Gasteiger partial charge in [0.15, 0.2) is 0 Å². The minimum absolute atomic E-state index is 0.0280. The Morgan fingerprint density at radius 3 is 2.68 bits per heavy atom. The van der Waals surface area contributed by atoms with Crippen molar-refractivity contribution in [2.45, 2.75) is 84.6 Å². The lowest BCUT2D eigenvalue weighted by Crippen LogP contribution is -2.40. The highest BCUT2D eigenvalue weighted by Gasteiger charge is 2.22. The van der Waals surface area contributed by atoms with Gasteiger partial charge in [-0.15, -0.1) is 11.3 Å².